The predicted octanol–water partition coefficient (Wildman–Crippen LogP) is 1.47. The summed E-state index contributed by atoms with van der Waals surface area (Å²) in [5.74, 6) is 0. The van der Waals surface area contributed by atoms with Gasteiger partial charge in [-0.25, -0.2) is 0 Å². The molecular formula is C11H15N5. The number of nitrogens with zero attached hydrogens (tertiary/aromatic N) is 3. The molecule has 5 nitrogen and oxygen atoms in total. The van der Waals surface area contributed by atoms with E-state index in [9.17, 15) is 0 Å². The van der Waals surface area contributed by atoms with Gasteiger partial charge in [0.15, 0.2) is 0 Å². The normalized spacial score (nSPS) is 10.1. The molecule has 0 saturated heterocycles. The quantitative estimate of drug-likeness (QED) is 0.814. The van der Waals surface area contributed by atoms with Crippen molar-refractivity contribution >= 4 is 11.4 Å². The Morgan fingerprint density at radius 3 is 2.81 bits per heavy atom. The molecule has 2 aromatic heterocycles. The van der Waals surface area contributed by atoms with Gasteiger partial charge in [-0.05, 0) is 12.1 Å². The number of nitrogens with one attached hydrogen (secondary N) is 2. The molecule has 0 amide bonds. The summed E-state index contributed by atoms with van der Waals surface area (Å²) >= 11 is 0. The number of hydrogen-bond donors (Lipinski definition) is 2. The minimum absolute atomic E-state index is 0.704. The number of anilines is 2. The van der Waals surface area contributed by atoms with E-state index in [-0.39, 0.29) is 0 Å². The molecule has 2 rings (SSSR count). The molecule has 2 N–H and O–H groups in total. The molecule has 0 fully saturated rings. The predicted molar refractivity (Wildman–Crippen MR) is 64.3 cm³/mol. The fraction of sp³-hybridized carbons (Fsp3) is 0.273. The highest BCUT2D eigenvalue weighted by atomic mass is 15.3. The van der Waals surface area contributed by atoms with E-state index in [0.29, 0.717) is 6.54 Å². The van der Waals surface area contributed by atoms with Gasteiger partial charge in [0.1, 0.15) is 0 Å². The molecule has 0 unspecified atom stereocenters. The maximum atomic E-state index is 4.29. The van der Waals surface area contributed by atoms with Gasteiger partial charge >= 0.3 is 0 Å². The largest absolute Gasteiger partial charge is 0.387 e. The zero-order valence-corrected chi connectivity index (χ0v) is 9.44. The third-order valence-electron chi connectivity index (χ3n) is 2.27. The number of hydrogen-bond acceptors (Lipinski definition) is 4. The summed E-state index contributed by atoms with van der Waals surface area (Å²) in [6.07, 6.45) is 5.51. The highest BCUT2D eigenvalue weighted by molar-refractivity contribution is 5.53. The Hall–Kier alpha value is -2.04. The zero-order chi connectivity index (χ0) is 11.4. The van der Waals surface area contributed by atoms with Gasteiger partial charge in [0.25, 0.3) is 0 Å². The van der Waals surface area contributed by atoms with E-state index >= 15 is 0 Å². The van der Waals surface area contributed by atoms with Gasteiger partial charge in [-0.1, -0.05) is 0 Å². The first-order chi connectivity index (χ1) is 7.78. The van der Waals surface area contributed by atoms with Crippen molar-refractivity contribution in [1.29, 1.82) is 0 Å². The van der Waals surface area contributed by atoms with E-state index in [0.717, 1.165) is 17.1 Å². The molecule has 2 heterocycles. The molecule has 2 aromatic rings. The van der Waals surface area contributed by atoms with Crippen molar-refractivity contribution in [2.75, 3.05) is 17.7 Å². The number of aromatic nitrogens is 3. The van der Waals surface area contributed by atoms with E-state index in [2.05, 4.69) is 20.7 Å². The second kappa shape index (κ2) is 4.65. The second-order valence-electron chi connectivity index (χ2n) is 3.55. The maximum absolute atomic E-state index is 4.29. The molecule has 0 aliphatic carbocycles. The molecule has 0 aromatic carbocycles. The van der Waals surface area contributed by atoms with Crippen LogP contribution in [0.4, 0.5) is 11.4 Å². The monoisotopic (exact) mass is 217 g/mol. The fourth-order valence-corrected chi connectivity index (χ4v) is 1.42. The highest BCUT2D eigenvalue weighted by Crippen LogP contribution is 2.12. The minimum Gasteiger partial charge on any atom is -0.387 e. The van der Waals surface area contributed by atoms with Crippen LogP contribution in [0.3, 0.4) is 0 Å². The van der Waals surface area contributed by atoms with Crippen LogP contribution in [0.2, 0.25) is 0 Å². The van der Waals surface area contributed by atoms with Gasteiger partial charge in [-0.15, -0.1) is 0 Å². The zero-order valence-electron chi connectivity index (χ0n) is 9.44. The summed E-state index contributed by atoms with van der Waals surface area (Å²) in [4.78, 5) is 4.12. The van der Waals surface area contributed by atoms with Gasteiger partial charge < -0.3 is 10.6 Å². The lowest BCUT2D eigenvalue weighted by Gasteiger charge is -2.05. The molecule has 0 aliphatic heterocycles. The van der Waals surface area contributed by atoms with Crippen LogP contribution >= 0.6 is 0 Å². The number of aryl methyl sites for hydroxylation is 1. The first-order valence-electron chi connectivity index (χ1n) is 5.13. The molecule has 0 bridgehead atoms. The smallest absolute Gasteiger partial charge is 0.0815 e. The number of rotatable bonds is 4. The van der Waals surface area contributed by atoms with Crippen molar-refractivity contribution in [2.24, 2.45) is 7.05 Å². The van der Waals surface area contributed by atoms with Gasteiger partial charge in [-0.2, -0.15) is 5.10 Å². The molecule has 0 atom stereocenters. The van der Waals surface area contributed by atoms with Crippen LogP contribution in [0.5, 0.6) is 0 Å². The van der Waals surface area contributed by atoms with Crippen LogP contribution < -0.4 is 10.6 Å². The van der Waals surface area contributed by atoms with Crippen molar-refractivity contribution in [3.63, 3.8) is 0 Å². The van der Waals surface area contributed by atoms with Gasteiger partial charge in [-0.3, -0.25) is 9.67 Å². The Kier molecular flexibility index (Phi) is 3.05. The summed E-state index contributed by atoms with van der Waals surface area (Å²) in [6.45, 7) is 0.704. The molecule has 0 spiro atoms. The summed E-state index contributed by atoms with van der Waals surface area (Å²) in [5.41, 5.74) is 2.99. The van der Waals surface area contributed by atoms with Crippen molar-refractivity contribution in [3.05, 3.63) is 36.4 Å². The molecule has 16 heavy (non-hydrogen) atoms. The second-order valence-corrected chi connectivity index (χ2v) is 3.55. The van der Waals surface area contributed by atoms with Crippen LogP contribution in [0, 0.1) is 0 Å². The third-order valence-corrected chi connectivity index (χ3v) is 2.27. The van der Waals surface area contributed by atoms with E-state index in [1.807, 2.05) is 32.4 Å². The fourth-order valence-electron chi connectivity index (χ4n) is 1.42. The van der Waals surface area contributed by atoms with Gasteiger partial charge in [0.05, 0.1) is 36.0 Å². The molecule has 0 radical (unpaired) electrons. The average Bonchev–Trinajstić information content (AvgIpc) is 2.73. The molecular weight excluding hydrogens is 202 g/mol. The van der Waals surface area contributed by atoms with Crippen molar-refractivity contribution in [2.45, 2.75) is 6.54 Å². The van der Waals surface area contributed by atoms with Crippen LogP contribution in [0.1, 0.15) is 5.69 Å². The Balaban J connectivity index is 1.99. The average molecular weight is 217 g/mol. The number of pyridine rings is 1. The lowest BCUT2D eigenvalue weighted by Crippen LogP contribution is -2.02. The lowest BCUT2D eigenvalue weighted by atomic mass is 10.3. The van der Waals surface area contributed by atoms with E-state index in [4.69, 9.17) is 0 Å². The summed E-state index contributed by atoms with van der Waals surface area (Å²) in [6, 6.07) is 4.00. The summed E-state index contributed by atoms with van der Waals surface area (Å²) in [5, 5.41) is 10.6. The third kappa shape index (κ3) is 2.50. The maximum Gasteiger partial charge on any atom is 0.0815 e. The van der Waals surface area contributed by atoms with E-state index in [1.54, 1.807) is 17.1 Å². The van der Waals surface area contributed by atoms with Crippen LogP contribution in [0.25, 0.3) is 0 Å². The molecule has 0 aliphatic rings. The summed E-state index contributed by atoms with van der Waals surface area (Å²) < 4.78 is 1.79. The van der Waals surface area contributed by atoms with Crippen LogP contribution in [-0.2, 0) is 13.6 Å². The van der Waals surface area contributed by atoms with E-state index < -0.39 is 0 Å². The van der Waals surface area contributed by atoms with Crippen LogP contribution in [-0.4, -0.2) is 21.8 Å². The van der Waals surface area contributed by atoms with E-state index in [1.165, 1.54) is 0 Å². The Labute approximate surface area is 94.5 Å². The summed E-state index contributed by atoms with van der Waals surface area (Å²) in [7, 11) is 3.78. The minimum atomic E-state index is 0.704. The Morgan fingerprint density at radius 1 is 1.31 bits per heavy atom. The van der Waals surface area contributed by atoms with Gasteiger partial charge in [0.2, 0.25) is 0 Å². The first kappa shape index (κ1) is 10.5. The standard InChI is InChI=1S/C11H15N5/c1-12-10-5-11(7-13-6-10)14-8-9-3-4-16(2)15-9/h3-7,12,14H,8H2,1-2H3. The SMILES string of the molecule is CNc1cncc(NCc2ccn(C)n2)c1. The lowest BCUT2D eigenvalue weighted by molar-refractivity contribution is 0.747. The topological polar surface area (TPSA) is 54.8 Å². The molecule has 0 saturated carbocycles. The molecule has 84 valence electrons. The van der Waals surface area contributed by atoms with Crippen molar-refractivity contribution < 1.29 is 0 Å². The van der Waals surface area contributed by atoms with Gasteiger partial charge in [0, 0.05) is 20.3 Å². The first-order valence-corrected chi connectivity index (χ1v) is 5.13. The Morgan fingerprint density at radius 2 is 2.12 bits per heavy atom. The Bertz CT molecular complexity index is 463. The van der Waals surface area contributed by atoms with Crippen LogP contribution in [0.15, 0.2) is 30.7 Å². The van der Waals surface area contributed by atoms with Crippen molar-refractivity contribution in [1.82, 2.24) is 14.8 Å². The van der Waals surface area contributed by atoms with Crippen molar-refractivity contribution in [3.8, 4) is 0 Å². The molecule has 5 heteroatoms. The highest BCUT2D eigenvalue weighted by Gasteiger charge is 1.98.